The molecule has 0 aliphatic carbocycles. The van der Waals surface area contributed by atoms with E-state index in [1.54, 1.807) is 6.07 Å². The van der Waals surface area contributed by atoms with Crippen LogP contribution in [0, 0.1) is 13.8 Å². The number of benzene rings is 2. The first-order valence-electron chi connectivity index (χ1n) is 7.59. The topological polar surface area (TPSA) is 46.2 Å². The highest BCUT2D eigenvalue weighted by Crippen LogP contribution is 2.24. The number of hydrogen-bond donors (Lipinski definition) is 1. The molecule has 0 heterocycles. The maximum absolute atomic E-state index is 12.8. The van der Waals surface area contributed by atoms with E-state index in [1.165, 1.54) is 0 Å². The van der Waals surface area contributed by atoms with E-state index in [0.717, 1.165) is 28.7 Å². The molecule has 0 radical (unpaired) electrons. The largest absolute Gasteiger partial charge is 0.279 e. The van der Waals surface area contributed by atoms with Gasteiger partial charge in [0.2, 0.25) is 0 Å². The molecule has 2 aromatic carbocycles. The Hall–Kier alpha value is -1.81. The van der Waals surface area contributed by atoms with Crippen LogP contribution in [0.15, 0.2) is 41.3 Å². The van der Waals surface area contributed by atoms with Gasteiger partial charge >= 0.3 is 0 Å². The van der Waals surface area contributed by atoms with Crippen molar-refractivity contribution < 1.29 is 8.42 Å². The van der Waals surface area contributed by atoms with Gasteiger partial charge in [-0.15, -0.1) is 0 Å². The van der Waals surface area contributed by atoms with Crippen LogP contribution in [0.4, 0.5) is 5.69 Å². The van der Waals surface area contributed by atoms with Crippen LogP contribution in [0.3, 0.4) is 0 Å². The first-order chi connectivity index (χ1) is 10.4. The molecule has 4 heteroatoms. The van der Waals surface area contributed by atoms with Crippen molar-refractivity contribution in [1.82, 2.24) is 0 Å². The third-order valence-corrected chi connectivity index (χ3v) is 5.30. The predicted octanol–water partition coefficient (Wildman–Crippen LogP) is 4.23. The van der Waals surface area contributed by atoms with E-state index in [2.05, 4.69) is 4.72 Å². The van der Waals surface area contributed by atoms with Gasteiger partial charge in [0.1, 0.15) is 0 Å². The minimum atomic E-state index is -3.58. The molecule has 118 valence electrons. The summed E-state index contributed by atoms with van der Waals surface area (Å²) in [5, 5.41) is 0. The monoisotopic (exact) mass is 317 g/mol. The summed E-state index contributed by atoms with van der Waals surface area (Å²) in [5.41, 5.74) is 4.46. The molecule has 0 aliphatic rings. The van der Waals surface area contributed by atoms with Crippen LogP contribution in [0.5, 0.6) is 0 Å². The Morgan fingerprint density at radius 3 is 2.32 bits per heavy atom. The lowest BCUT2D eigenvalue weighted by atomic mass is 10.1. The van der Waals surface area contributed by atoms with Crippen LogP contribution in [-0.2, 0) is 22.9 Å². The Balaban J connectivity index is 2.48. The van der Waals surface area contributed by atoms with Crippen LogP contribution in [0.1, 0.15) is 36.1 Å². The normalized spacial score (nSPS) is 11.5. The number of rotatable bonds is 5. The van der Waals surface area contributed by atoms with Crippen LogP contribution in [0.2, 0.25) is 0 Å². The third kappa shape index (κ3) is 3.50. The fourth-order valence-electron chi connectivity index (χ4n) is 2.41. The lowest BCUT2D eigenvalue weighted by Crippen LogP contribution is -2.16. The fourth-order valence-corrected chi connectivity index (χ4v) is 3.89. The van der Waals surface area contributed by atoms with E-state index in [-0.39, 0.29) is 0 Å². The quantitative estimate of drug-likeness (QED) is 0.897. The van der Waals surface area contributed by atoms with Gasteiger partial charge in [-0.05, 0) is 61.1 Å². The van der Waals surface area contributed by atoms with Crippen LogP contribution < -0.4 is 4.72 Å². The summed E-state index contributed by atoms with van der Waals surface area (Å²) in [5.74, 6) is 0. The Morgan fingerprint density at radius 2 is 1.68 bits per heavy atom. The first kappa shape index (κ1) is 16.6. The number of sulfonamides is 1. The predicted molar refractivity (Wildman–Crippen MR) is 91.9 cm³/mol. The van der Waals surface area contributed by atoms with Crippen molar-refractivity contribution in [2.24, 2.45) is 0 Å². The highest BCUT2D eigenvalue weighted by molar-refractivity contribution is 7.92. The van der Waals surface area contributed by atoms with Gasteiger partial charge in [0.15, 0.2) is 0 Å². The van der Waals surface area contributed by atoms with E-state index in [0.29, 0.717) is 17.0 Å². The summed E-state index contributed by atoms with van der Waals surface area (Å²) in [6, 6.07) is 11.5. The van der Waals surface area contributed by atoms with Gasteiger partial charge in [0, 0.05) is 0 Å². The second-order valence-electron chi connectivity index (χ2n) is 5.57. The Labute approximate surface area is 133 Å². The average molecular weight is 317 g/mol. The second kappa shape index (κ2) is 6.53. The van der Waals surface area contributed by atoms with Crippen molar-refractivity contribution in [2.45, 2.75) is 45.4 Å². The molecule has 2 rings (SSSR count). The molecule has 0 saturated heterocycles. The molecule has 3 nitrogen and oxygen atoms in total. The van der Waals surface area contributed by atoms with E-state index in [1.807, 2.05) is 58.0 Å². The van der Waals surface area contributed by atoms with Gasteiger partial charge in [-0.2, -0.15) is 0 Å². The molecule has 0 aromatic heterocycles. The first-order valence-corrected chi connectivity index (χ1v) is 9.07. The molecule has 0 fully saturated rings. The average Bonchev–Trinajstić information content (AvgIpc) is 2.50. The summed E-state index contributed by atoms with van der Waals surface area (Å²) in [4.78, 5) is 0.384. The number of hydrogen-bond acceptors (Lipinski definition) is 2. The Bertz CT molecular complexity index is 780. The molecule has 0 aliphatic heterocycles. The molecule has 0 saturated carbocycles. The molecule has 0 spiro atoms. The molecular formula is C18H23NO2S. The minimum absolute atomic E-state index is 0.384. The molecule has 1 N–H and O–H groups in total. The van der Waals surface area contributed by atoms with Crippen LogP contribution >= 0.6 is 0 Å². The zero-order valence-corrected chi connectivity index (χ0v) is 14.4. The van der Waals surface area contributed by atoms with Gasteiger partial charge in [0.05, 0.1) is 10.6 Å². The van der Waals surface area contributed by atoms with E-state index in [9.17, 15) is 8.42 Å². The van der Waals surface area contributed by atoms with Crippen molar-refractivity contribution in [3.63, 3.8) is 0 Å². The maximum atomic E-state index is 12.8. The highest BCUT2D eigenvalue weighted by atomic mass is 32.2. The fraction of sp³-hybridized carbons (Fsp3) is 0.333. The van der Waals surface area contributed by atoms with E-state index < -0.39 is 10.0 Å². The van der Waals surface area contributed by atoms with Crippen molar-refractivity contribution in [3.05, 3.63) is 58.7 Å². The third-order valence-electron chi connectivity index (χ3n) is 3.85. The lowest BCUT2D eigenvalue weighted by Gasteiger charge is -2.14. The molecule has 2 aromatic rings. The lowest BCUT2D eigenvalue weighted by molar-refractivity contribution is 0.600. The minimum Gasteiger partial charge on any atom is -0.279 e. The van der Waals surface area contributed by atoms with E-state index >= 15 is 0 Å². The summed E-state index contributed by atoms with van der Waals surface area (Å²) in [7, 11) is -3.58. The van der Waals surface area contributed by atoms with E-state index in [4.69, 9.17) is 0 Å². The van der Waals surface area contributed by atoms with Gasteiger partial charge in [0.25, 0.3) is 10.0 Å². The molecular weight excluding hydrogens is 294 g/mol. The standard InChI is InChI=1S/C18H23NO2S/c1-5-15-9-10-16(6-2)18(12-15)22(20,21)19-17-11-13(3)7-8-14(17)4/h7-12,19H,5-6H2,1-4H3. The molecule has 0 amide bonds. The van der Waals surface area contributed by atoms with Crippen molar-refractivity contribution in [2.75, 3.05) is 4.72 Å². The molecule has 0 bridgehead atoms. The summed E-state index contributed by atoms with van der Waals surface area (Å²) in [6.07, 6.45) is 1.50. The Morgan fingerprint density at radius 1 is 0.955 bits per heavy atom. The van der Waals surface area contributed by atoms with Crippen LogP contribution in [-0.4, -0.2) is 8.42 Å². The highest BCUT2D eigenvalue weighted by Gasteiger charge is 2.19. The SMILES string of the molecule is CCc1ccc(CC)c(S(=O)(=O)Nc2cc(C)ccc2C)c1. The van der Waals surface area contributed by atoms with Crippen molar-refractivity contribution in [3.8, 4) is 0 Å². The van der Waals surface area contributed by atoms with Gasteiger partial charge in [-0.1, -0.05) is 38.1 Å². The number of nitrogens with one attached hydrogen (secondary N) is 1. The molecule has 22 heavy (non-hydrogen) atoms. The number of anilines is 1. The summed E-state index contributed by atoms with van der Waals surface area (Å²) in [6.45, 7) is 7.85. The molecule has 0 unspecified atom stereocenters. The molecule has 0 atom stereocenters. The zero-order chi connectivity index (χ0) is 16.3. The van der Waals surface area contributed by atoms with Gasteiger partial charge in [-0.3, -0.25) is 4.72 Å². The number of aryl methyl sites for hydroxylation is 4. The van der Waals surface area contributed by atoms with Crippen molar-refractivity contribution >= 4 is 15.7 Å². The Kier molecular flexibility index (Phi) is 4.91. The summed E-state index contributed by atoms with van der Waals surface area (Å²) >= 11 is 0. The van der Waals surface area contributed by atoms with Gasteiger partial charge < -0.3 is 0 Å². The smallest absolute Gasteiger partial charge is 0.262 e. The zero-order valence-electron chi connectivity index (χ0n) is 13.6. The van der Waals surface area contributed by atoms with Gasteiger partial charge in [-0.25, -0.2) is 8.42 Å². The summed E-state index contributed by atoms with van der Waals surface area (Å²) < 4.78 is 28.3. The van der Waals surface area contributed by atoms with Crippen molar-refractivity contribution in [1.29, 1.82) is 0 Å². The second-order valence-corrected chi connectivity index (χ2v) is 7.22. The maximum Gasteiger partial charge on any atom is 0.262 e. The van der Waals surface area contributed by atoms with Crippen LogP contribution in [0.25, 0.3) is 0 Å².